The Morgan fingerprint density at radius 1 is 1.00 bits per heavy atom. The molecule has 6 heteroatoms. The summed E-state index contributed by atoms with van der Waals surface area (Å²) in [5.41, 5.74) is 0.932. The molecule has 138 valence electrons. The van der Waals surface area contributed by atoms with E-state index in [-0.39, 0.29) is 0 Å². The van der Waals surface area contributed by atoms with Gasteiger partial charge in [-0.3, -0.25) is 4.79 Å². The zero-order valence-corrected chi connectivity index (χ0v) is 15.7. The van der Waals surface area contributed by atoms with Crippen LogP contribution < -0.4 is 10.1 Å². The number of anilines is 1. The zero-order chi connectivity index (χ0) is 19.1. The molecule has 5 nitrogen and oxygen atoms in total. The first-order chi connectivity index (χ1) is 12.3. The van der Waals surface area contributed by atoms with Crippen molar-refractivity contribution in [1.82, 2.24) is 0 Å². The number of ether oxygens (including phenoxy) is 2. The van der Waals surface area contributed by atoms with Crippen molar-refractivity contribution in [1.29, 1.82) is 0 Å². The smallest absolute Gasteiger partial charge is 0.338 e. The van der Waals surface area contributed by atoms with E-state index in [0.29, 0.717) is 34.5 Å². The van der Waals surface area contributed by atoms with Crippen molar-refractivity contribution in [3.05, 3.63) is 59.1 Å². The molecule has 0 bridgehead atoms. The van der Waals surface area contributed by atoms with Gasteiger partial charge in [0.2, 0.25) is 0 Å². The van der Waals surface area contributed by atoms with E-state index < -0.39 is 18.0 Å². The predicted octanol–water partition coefficient (Wildman–Crippen LogP) is 4.56. The minimum atomic E-state index is -0.935. The summed E-state index contributed by atoms with van der Waals surface area (Å²) in [5.74, 6) is 0.111. The number of hydrogen-bond donors (Lipinski definition) is 1. The largest absolute Gasteiger partial charge is 0.493 e. The van der Waals surface area contributed by atoms with Crippen LogP contribution >= 0.6 is 11.6 Å². The van der Waals surface area contributed by atoms with Crippen molar-refractivity contribution in [2.75, 3.05) is 11.9 Å². The Morgan fingerprint density at radius 3 is 2.19 bits per heavy atom. The lowest BCUT2D eigenvalue weighted by Crippen LogP contribution is -2.29. The number of amides is 1. The summed E-state index contributed by atoms with van der Waals surface area (Å²) in [6, 6.07) is 13.3. The van der Waals surface area contributed by atoms with E-state index in [1.807, 2.05) is 0 Å². The number of halogens is 1. The molecule has 0 heterocycles. The monoisotopic (exact) mass is 375 g/mol. The van der Waals surface area contributed by atoms with Gasteiger partial charge in [0.1, 0.15) is 5.75 Å². The fourth-order valence-corrected chi connectivity index (χ4v) is 2.14. The number of nitrogens with one attached hydrogen (secondary N) is 1. The van der Waals surface area contributed by atoms with Gasteiger partial charge in [0, 0.05) is 10.7 Å². The van der Waals surface area contributed by atoms with Crippen LogP contribution in [-0.4, -0.2) is 24.6 Å². The third-order valence-corrected chi connectivity index (χ3v) is 3.69. The van der Waals surface area contributed by atoms with Gasteiger partial charge in [0.15, 0.2) is 6.10 Å². The van der Waals surface area contributed by atoms with Crippen LogP contribution in [0.1, 0.15) is 31.1 Å². The maximum absolute atomic E-state index is 12.2. The minimum absolute atomic E-state index is 0.355. The highest BCUT2D eigenvalue weighted by molar-refractivity contribution is 6.30. The average molecular weight is 376 g/mol. The Bertz CT molecular complexity index is 741. The van der Waals surface area contributed by atoms with Crippen molar-refractivity contribution in [3.8, 4) is 5.75 Å². The topological polar surface area (TPSA) is 64.6 Å². The molecule has 0 saturated carbocycles. The Hall–Kier alpha value is -2.53. The second-order valence-corrected chi connectivity index (χ2v) is 6.71. The molecule has 2 aromatic rings. The van der Waals surface area contributed by atoms with Gasteiger partial charge in [-0.15, -0.1) is 0 Å². The molecule has 2 aromatic carbocycles. The van der Waals surface area contributed by atoms with Gasteiger partial charge >= 0.3 is 5.97 Å². The maximum atomic E-state index is 12.2. The highest BCUT2D eigenvalue weighted by atomic mass is 35.5. The van der Waals surface area contributed by atoms with Crippen molar-refractivity contribution >= 4 is 29.2 Å². The fraction of sp³-hybridized carbons (Fsp3) is 0.300. The van der Waals surface area contributed by atoms with E-state index in [0.717, 1.165) is 0 Å². The van der Waals surface area contributed by atoms with E-state index in [4.69, 9.17) is 21.1 Å². The number of esters is 1. The lowest BCUT2D eigenvalue weighted by molar-refractivity contribution is -0.123. The maximum Gasteiger partial charge on any atom is 0.338 e. The predicted molar refractivity (Wildman–Crippen MR) is 102 cm³/mol. The number of carbonyl (C=O) groups excluding carboxylic acids is 2. The van der Waals surface area contributed by atoms with Crippen LogP contribution in [0, 0.1) is 5.92 Å². The van der Waals surface area contributed by atoms with Gasteiger partial charge < -0.3 is 14.8 Å². The van der Waals surface area contributed by atoms with Crippen molar-refractivity contribution in [2.24, 2.45) is 5.92 Å². The first-order valence-electron chi connectivity index (χ1n) is 8.35. The standard InChI is InChI=1S/C20H22ClNO4/c1-13(2)12-25-18-10-4-15(5-11-18)20(24)26-14(3)19(23)22-17-8-6-16(21)7-9-17/h4-11,13-14H,12H2,1-3H3,(H,22,23)/t14-/m0/s1. The van der Waals surface area contributed by atoms with Crippen LogP contribution in [-0.2, 0) is 9.53 Å². The van der Waals surface area contributed by atoms with Crippen LogP contribution in [0.4, 0.5) is 5.69 Å². The van der Waals surface area contributed by atoms with Crippen LogP contribution in [0.25, 0.3) is 0 Å². The Morgan fingerprint density at radius 2 is 1.62 bits per heavy atom. The summed E-state index contributed by atoms with van der Waals surface area (Å²) in [6.07, 6.45) is -0.935. The lowest BCUT2D eigenvalue weighted by Gasteiger charge is -2.14. The first kappa shape index (κ1) is 19.8. The summed E-state index contributed by atoms with van der Waals surface area (Å²) < 4.78 is 10.8. The zero-order valence-electron chi connectivity index (χ0n) is 15.0. The molecule has 0 aliphatic rings. The molecule has 1 N–H and O–H groups in total. The third kappa shape index (κ3) is 6.08. The fourth-order valence-electron chi connectivity index (χ4n) is 2.01. The molecule has 0 radical (unpaired) electrons. The van der Waals surface area contributed by atoms with E-state index in [1.165, 1.54) is 6.92 Å². The Balaban J connectivity index is 1.89. The van der Waals surface area contributed by atoms with Crippen LogP contribution in [0.2, 0.25) is 5.02 Å². The van der Waals surface area contributed by atoms with E-state index in [2.05, 4.69) is 19.2 Å². The summed E-state index contributed by atoms with van der Waals surface area (Å²) in [5, 5.41) is 3.24. The van der Waals surface area contributed by atoms with Crippen molar-refractivity contribution in [2.45, 2.75) is 26.9 Å². The van der Waals surface area contributed by atoms with Crippen molar-refractivity contribution in [3.63, 3.8) is 0 Å². The molecule has 0 saturated heterocycles. The quantitative estimate of drug-likeness (QED) is 0.720. The minimum Gasteiger partial charge on any atom is -0.493 e. The van der Waals surface area contributed by atoms with E-state index >= 15 is 0 Å². The van der Waals surface area contributed by atoms with Gasteiger partial charge in [-0.25, -0.2) is 4.79 Å². The summed E-state index contributed by atoms with van der Waals surface area (Å²) in [6.45, 7) is 6.24. The molecule has 0 fully saturated rings. The number of carbonyl (C=O) groups is 2. The second kappa shape index (κ2) is 9.25. The summed E-state index contributed by atoms with van der Waals surface area (Å²) in [4.78, 5) is 24.3. The van der Waals surface area contributed by atoms with E-state index in [9.17, 15) is 9.59 Å². The molecule has 1 atom stereocenters. The van der Waals surface area contributed by atoms with Gasteiger partial charge in [0.05, 0.1) is 12.2 Å². The van der Waals surface area contributed by atoms with Crippen LogP contribution in [0.3, 0.4) is 0 Å². The van der Waals surface area contributed by atoms with Gasteiger partial charge in [-0.05, 0) is 61.4 Å². The molecule has 0 spiro atoms. The Kier molecular flexibility index (Phi) is 7.04. The molecule has 0 aliphatic carbocycles. The van der Waals surface area contributed by atoms with Gasteiger partial charge in [0.25, 0.3) is 5.91 Å². The summed E-state index contributed by atoms with van der Waals surface area (Å²) >= 11 is 5.80. The van der Waals surface area contributed by atoms with Crippen LogP contribution in [0.5, 0.6) is 5.75 Å². The Labute approximate surface area is 158 Å². The van der Waals surface area contributed by atoms with E-state index in [1.54, 1.807) is 48.5 Å². The normalized spacial score (nSPS) is 11.7. The average Bonchev–Trinajstić information content (AvgIpc) is 2.62. The molecule has 2 rings (SSSR count). The second-order valence-electron chi connectivity index (χ2n) is 6.27. The lowest BCUT2D eigenvalue weighted by atomic mass is 10.2. The van der Waals surface area contributed by atoms with Crippen LogP contribution in [0.15, 0.2) is 48.5 Å². The number of hydrogen-bond acceptors (Lipinski definition) is 4. The highest BCUT2D eigenvalue weighted by Gasteiger charge is 2.19. The summed E-state index contributed by atoms with van der Waals surface area (Å²) in [7, 11) is 0. The molecule has 0 aliphatic heterocycles. The molecule has 26 heavy (non-hydrogen) atoms. The number of rotatable bonds is 7. The third-order valence-electron chi connectivity index (χ3n) is 3.44. The number of benzene rings is 2. The van der Waals surface area contributed by atoms with Crippen molar-refractivity contribution < 1.29 is 19.1 Å². The first-order valence-corrected chi connectivity index (χ1v) is 8.73. The highest BCUT2D eigenvalue weighted by Crippen LogP contribution is 2.16. The van der Waals surface area contributed by atoms with Gasteiger partial charge in [-0.2, -0.15) is 0 Å². The molecule has 1 amide bonds. The molecular formula is C20H22ClNO4. The molecule has 0 aromatic heterocycles. The molecule has 0 unspecified atom stereocenters. The molecular weight excluding hydrogens is 354 g/mol. The van der Waals surface area contributed by atoms with Gasteiger partial charge in [-0.1, -0.05) is 25.4 Å². The SMILES string of the molecule is CC(C)COc1ccc(C(=O)O[C@@H](C)C(=O)Nc2ccc(Cl)cc2)cc1.